The molecular formula is C20H22N4O. The van der Waals surface area contributed by atoms with E-state index < -0.39 is 0 Å². The minimum atomic E-state index is -0.0122. The lowest BCUT2D eigenvalue weighted by Gasteiger charge is -2.38. The second kappa shape index (κ2) is 6.69. The Balaban J connectivity index is 1.35. The number of carbonyl (C=O) groups is 1. The van der Waals surface area contributed by atoms with E-state index in [9.17, 15) is 4.79 Å². The zero-order valence-corrected chi connectivity index (χ0v) is 14.3. The monoisotopic (exact) mass is 334 g/mol. The number of amides is 1. The van der Waals surface area contributed by atoms with Crippen LogP contribution in [0.3, 0.4) is 0 Å². The maximum absolute atomic E-state index is 12.4. The van der Waals surface area contributed by atoms with Crippen LogP contribution in [0.5, 0.6) is 0 Å². The Kier molecular flexibility index (Phi) is 4.24. The van der Waals surface area contributed by atoms with Crippen LogP contribution in [-0.2, 0) is 4.79 Å². The standard InChI is InChI=1S/C20H22N4O/c1-15(18-9-4-7-16-6-2-3-8-19(16)18)22-20(25)14-23-12-17(13-23)24-11-5-10-21-24/h2-11,15,17H,12-14H2,1H3,(H,22,25)/t15-/m1/s1. The SMILES string of the molecule is C[C@@H](NC(=O)CN1CC(n2cccn2)C1)c1cccc2ccccc12. The molecule has 0 saturated carbocycles. The van der Waals surface area contributed by atoms with Crippen molar-refractivity contribution in [2.24, 2.45) is 0 Å². The van der Waals surface area contributed by atoms with Gasteiger partial charge < -0.3 is 5.32 Å². The van der Waals surface area contributed by atoms with E-state index in [4.69, 9.17) is 0 Å². The van der Waals surface area contributed by atoms with Crippen molar-refractivity contribution >= 4 is 16.7 Å². The molecule has 0 spiro atoms. The average molecular weight is 334 g/mol. The summed E-state index contributed by atoms with van der Waals surface area (Å²) in [6, 6.07) is 16.8. The lowest BCUT2D eigenvalue weighted by Crippen LogP contribution is -2.51. The van der Waals surface area contributed by atoms with Crippen LogP contribution in [0.4, 0.5) is 0 Å². The number of likely N-dealkylation sites (tertiary alicyclic amines) is 1. The lowest BCUT2D eigenvalue weighted by molar-refractivity contribution is -0.124. The number of aromatic nitrogens is 2. The van der Waals surface area contributed by atoms with Gasteiger partial charge in [0.1, 0.15) is 0 Å². The van der Waals surface area contributed by atoms with E-state index >= 15 is 0 Å². The minimum absolute atomic E-state index is 0.0122. The molecule has 5 heteroatoms. The summed E-state index contributed by atoms with van der Waals surface area (Å²) in [5.41, 5.74) is 1.16. The summed E-state index contributed by atoms with van der Waals surface area (Å²) in [5.74, 6) is 0.0688. The number of nitrogens with zero attached hydrogens (tertiary/aromatic N) is 3. The highest BCUT2D eigenvalue weighted by atomic mass is 16.2. The van der Waals surface area contributed by atoms with Gasteiger partial charge in [0.15, 0.2) is 0 Å². The van der Waals surface area contributed by atoms with Gasteiger partial charge in [0.2, 0.25) is 5.91 Å². The zero-order chi connectivity index (χ0) is 17.2. The number of rotatable bonds is 5. The lowest BCUT2D eigenvalue weighted by atomic mass is 9.99. The van der Waals surface area contributed by atoms with Crippen molar-refractivity contribution < 1.29 is 4.79 Å². The molecule has 1 N–H and O–H groups in total. The first-order valence-corrected chi connectivity index (χ1v) is 8.69. The van der Waals surface area contributed by atoms with E-state index in [1.807, 2.05) is 42.1 Å². The Morgan fingerprint density at radius 2 is 2.00 bits per heavy atom. The molecule has 2 heterocycles. The molecule has 2 aromatic carbocycles. The number of hydrogen-bond acceptors (Lipinski definition) is 3. The van der Waals surface area contributed by atoms with Crippen molar-refractivity contribution in [1.82, 2.24) is 20.0 Å². The summed E-state index contributed by atoms with van der Waals surface area (Å²) in [5, 5.41) is 9.79. The Hall–Kier alpha value is -2.66. The van der Waals surface area contributed by atoms with Crippen molar-refractivity contribution in [2.75, 3.05) is 19.6 Å². The van der Waals surface area contributed by atoms with Gasteiger partial charge in [-0.05, 0) is 29.3 Å². The molecule has 4 rings (SSSR count). The molecule has 1 aliphatic heterocycles. The molecule has 1 aromatic heterocycles. The number of benzene rings is 2. The maximum Gasteiger partial charge on any atom is 0.234 e. The molecule has 1 fully saturated rings. The molecule has 0 unspecified atom stereocenters. The summed E-state index contributed by atoms with van der Waals surface area (Å²) < 4.78 is 1.97. The van der Waals surface area contributed by atoms with Crippen LogP contribution in [-0.4, -0.2) is 40.2 Å². The molecule has 25 heavy (non-hydrogen) atoms. The number of hydrogen-bond donors (Lipinski definition) is 1. The van der Waals surface area contributed by atoms with E-state index in [1.54, 1.807) is 6.20 Å². The fourth-order valence-corrected chi connectivity index (χ4v) is 3.53. The van der Waals surface area contributed by atoms with Gasteiger partial charge in [0.25, 0.3) is 0 Å². The normalized spacial score (nSPS) is 16.5. The summed E-state index contributed by atoms with van der Waals surface area (Å²) in [6.07, 6.45) is 3.77. The molecule has 0 aliphatic carbocycles. The summed E-state index contributed by atoms with van der Waals surface area (Å²) in [7, 11) is 0. The highest BCUT2D eigenvalue weighted by molar-refractivity contribution is 5.87. The van der Waals surface area contributed by atoms with Crippen LogP contribution in [0, 0.1) is 0 Å². The Bertz CT molecular complexity index is 863. The minimum Gasteiger partial charge on any atom is -0.348 e. The molecule has 0 bridgehead atoms. The molecule has 1 aliphatic rings. The predicted molar refractivity (Wildman–Crippen MR) is 98.2 cm³/mol. The van der Waals surface area contributed by atoms with Crippen LogP contribution < -0.4 is 5.32 Å². The van der Waals surface area contributed by atoms with Crippen molar-refractivity contribution in [3.63, 3.8) is 0 Å². The molecule has 128 valence electrons. The molecule has 1 saturated heterocycles. The first-order chi connectivity index (χ1) is 12.2. The molecule has 1 amide bonds. The van der Waals surface area contributed by atoms with Gasteiger partial charge in [-0.3, -0.25) is 14.4 Å². The third-order valence-corrected chi connectivity index (χ3v) is 4.87. The zero-order valence-electron chi connectivity index (χ0n) is 14.3. The number of fused-ring (bicyclic) bond motifs is 1. The molecule has 5 nitrogen and oxygen atoms in total. The van der Waals surface area contributed by atoms with Crippen molar-refractivity contribution in [2.45, 2.75) is 19.0 Å². The molecular weight excluding hydrogens is 312 g/mol. The van der Waals surface area contributed by atoms with E-state index in [0.717, 1.165) is 18.7 Å². The fraction of sp³-hybridized carbons (Fsp3) is 0.300. The van der Waals surface area contributed by atoms with Crippen LogP contribution in [0.1, 0.15) is 24.6 Å². The maximum atomic E-state index is 12.4. The largest absolute Gasteiger partial charge is 0.348 e. The quantitative estimate of drug-likeness (QED) is 0.780. The molecule has 0 radical (unpaired) electrons. The van der Waals surface area contributed by atoms with Gasteiger partial charge in [-0.25, -0.2) is 0 Å². The van der Waals surface area contributed by atoms with Crippen molar-refractivity contribution in [3.05, 3.63) is 66.5 Å². The first-order valence-electron chi connectivity index (χ1n) is 8.69. The highest BCUT2D eigenvalue weighted by Crippen LogP contribution is 2.24. The Morgan fingerprint density at radius 3 is 2.80 bits per heavy atom. The number of carbonyl (C=O) groups excluding carboxylic acids is 1. The number of nitrogens with one attached hydrogen (secondary N) is 1. The van der Waals surface area contributed by atoms with E-state index in [-0.39, 0.29) is 11.9 Å². The van der Waals surface area contributed by atoms with Gasteiger partial charge >= 0.3 is 0 Å². The van der Waals surface area contributed by atoms with Gasteiger partial charge in [0.05, 0.1) is 18.6 Å². The predicted octanol–water partition coefficient (Wildman–Crippen LogP) is 2.77. The summed E-state index contributed by atoms with van der Waals surface area (Å²) >= 11 is 0. The molecule has 3 aromatic rings. The highest BCUT2D eigenvalue weighted by Gasteiger charge is 2.29. The van der Waals surface area contributed by atoms with Gasteiger partial charge in [-0.1, -0.05) is 42.5 Å². The molecule has 1 atom stereocenters. The Labute approximate surface area is 147 Å². The smallest absolute Gasteiger partial charge is 0.234 e. The second-order valence-electron chi connectivity index (χ2n) is 6.69. The van der Waals surface area contributed by atoms with Crippen LogP contribution in [0.25, 0.3) is 10.8 Å². The Morgan fingerprint density at radius 1 is 1.20 bits per heavy atom. The van der Waals surface area contributed by atoms with Crippen molar-refractivity contribution in [3.8, 4) is 0 Å². The topological polar surface area (TPSA) is 50.2 Å². The van der Waals surface area contributed by atoms with Crippen LogP contribution in [0.2, 0.25) is 0 Å². The summed E-state index contributed by atoms with van der Waals surface area (Å²) in [6.45, 7) is 4.23. The van der Waals surface area contributed by atoms with Gasteiger partial charge in [-0.15, -0.1) is 0 Å². The average Bonchev–Trinajstić information content (AvgIpc) is 3.11. The van der Waals surface area contributed by atoms with Crippen LogP contribution in [0.15, 0.2) is 60.9 Å². The van der Waals surface area contributed by atoms with Gasteiger partial charge in [0, 0.05) is 25.5 Å². The third kappa shape index (κ3) is 3.28. The van der Waals surface area contributed by atoms with E-state index in [2.05, 4.69) is 39.6 Å². The third-order valence-electron chi connectivity index (χ3n) is 4.87. The van der Waals surface area contributed by atoms with E-state index in [0.29, 0.717) is 12.6 Å². The first kappa shape index (κ1) is 15.8. The fourth-order valence-electron chi connectivity index (χ4n) is 3.53. The van der Waals surface area contributed by atoms with Gasteiger partial charge in [-0.2, -0.15) is 5.10 Å². The summed E-state index contributed by atoms with van der Waals surface area (Å²) in [4.78, 5) is 14.5. The van der Waals surface area contributed by atoms with Crippen molar-refractivity contribution in [1.29, 1.82) is 0 Å². The van der Waals surface area contributed by atoms with E-state index in [1.165, 1.54) is 10.8 Å². The van der Waals surface area contributed by atoms with Crippen LogP contribution >= 0.6 is 0 Å². The second-order valence-corrected chi connectivity index (χ2v) is 6.69.